The van der Waals surface area contributed by atoms with Crippen LogP contribution in [0.1, 0.15) is 17.5 Å². The Morgan fingerprint density at radius 1 is 1.21 bits per heavy atom. The number of benzene rings is 1. The van der Waals surface area contributed by atoms with E-state index in [1.807, 2.05) is 19.9 Å². The number of carbonyl (C=O) groups excluding carboxylic acids is 3. The Balaban J connectivity index is 1.61. The number of barbiturate groups is 1. The van der Waals surface area contributed by atoms with Crippen molar-refractivity contribution in [2.75, 3.05) is 44.3 Å². The lowest BCUT2D eigenvalue weighted by Crippen LogP contribution is -3.14. The standard InChI is InChI=1S/C20H26N4O4/c1-14-4-5-16(12-15(14)2)24-19(26)17(18(25)22-20(24)27)13-21-6-3-7-23-8-10-28-11-9-23/h4-5,12-13,17H,3,6-11H2,1-2H3,(H,22,25,27)/p+1/t17-/m1/s1. The van der Waals surface area contributed by atoms with E-state index in [1.54, 1.807) is 12.1 Å². The van der Waals surface area contributed by atoms with Crippen LogP contribution < -0.4 is 15.1 Å². The lowest BCUT2D eigenvalue weighted by atomic mass is 10.0. The molecule has 3 rings (SSSR count). The van der Waals surface area contributed by atoms with Gasteiger partial charge in [-0.2, -0.15) is 0 Å². The van der Waals surface area contributed by atoms with E-state index in [2.05, 4.69) is 10.3 Å². The predicted octanol–water partition coefficient (Wildman–Crippen LogP) is -0.122. The Bertz CT molecular complexity index is 786. The summed E-state index contributed by atoms with van der Waals surface area (Å²) in [7, 11) is 0. The molecule has 0 radical (unpaired) electrons. The minimum atomic E-state index is -1.09. The largest absolute Gasteiger partial charge is 0.370 e. The Hall–Kier alpha value is -2.58. The normalized spacial score (nSPS) is 21.4. The van der Waals surface area contributed by atoms with Gasteiger partial charge in [0.15, 0.2) is 5.92 Å². The van der Waals surface area contributed by atoms with Gasteiger partial charge in [0.05, 0.1) is 25.4 Å². The lowest BCUT2D eigenvalue weighted by Gasteiger charge is -2.28. The van der Waals surface area contributed by atoms with Crippen LogP contribution in [0, 0.1) is 19.8 Å². The summed E-state index contributed by atoms with van der Waals surface area (Å²) in [6.07, 6.45) is 2.24. The molecule has 2 aliphatic rings. The first-order chi connectivity index (χ1) is 13.5. The highest BCUT2D eigenvalue weighted by Crippen LogP contribution is 2.22. The van der Waals surface area contributed by atoms with Crippen molar-refractivity contribution in [1.29, 1.82) is 0 Å². The number of urea groups is 1. The van der Waals surface area contributed by atoms with Gasteiger partial charge in [0, 0.05) is 19.2 Å². The number of morpholine rings is 1. The molecule has 0 aromatic heterocycles. The molecule has 2 aliphatic heterocycles. The number of aliphatic imine (C=N–C) groups is 1. The van der Waals surface area contributed by atoms with Crippen LogP contribution in [0.3, 0.4) is 0 Å². The first-order valence-electron chi connectivity index (χ1n) is 9.64. The van der Waals surface area contributed by atoms with Crippen LogP contribution in [0.15, 0.2) is 23.2 Å². The number of anilines is 1. The number of rotatable bonds is 6. The molecule has 2 fully saturated rings. The fourth-order valence-electron chi connectivity index (χ4n) is 3.34. The smallest absolute Gasteiger partial charge is 0.335 e. The highest BCUT2D eigenvalue weighted by molar-refractivity contribution is 6.32. The third kappa shape index (κ3) is 4.63. The third-order valence-electron chi connectivity index (χ3n) is 5.22. The van der Waals surface area contributed by atoms with Gasteiger partial charge >= 0.3 is 6.03 Å². The molecule has 150 valence electrons. The van der Waals surface area contributed by atoms with E-state index in [1.165, 1.54) is 11.1 Å². The Morgan fingerprint density at radius 3 is 2.68 bits per heavy atom. The maximum absolute atomic E-state index is 12.8. The number of nitrogens with zero attached hydrogens (tertiary/aromatic N) is 2. The molecule has 0 unspecified atom stereocenters. The molecule has 8 nitrogen and oxygen atoms in total. The lowest BCUT2D eigenvalue weighted by molar-refractivity contribution is -0.908. The van der Waals surface area contributed by atoms with E-state index >= 15 is 0 Å². The minimum absolute atomic E-state index is 0.451. The summed E-state index contributed by atoms with van der Waals surface area (Å²) < 4.78 is 5.33. The van der Waals surface area contributed by atoms with Gasteiger partial charge < -0.3 is 9.64 Å². The highest BCUT2D eigenvalue weighted by atomic mass is 16.5. The Labute approximate surface area is 164 Å². The van der Waals surface area contributed by atoms with Gasteiger partial charge in [0.2, 0.25) is 5.91 Å². The maximum Gasteiger partial charge on any atom is 0.335 e. The average Bonchev–Trinajstić information content (AvgIpc) is 2.67. The van der Waals surface area contributed by atoms with E-state index in [-0.39, 0.29) is 0 Å². The van der Waals surface area contributed by atoms with Crippen molar-refractivity contribution in [2.24, 2.45) is 10.9 Å². The summed E-state index contributed by atoms with van der Waals surface area (Å²) in [6.45, 7) is 8.97. The number of quaternary nitrogens is 1. The molecule has 2 saturated heterocycles. The second-order valence-corrected chi connectivity index (χ2v) is 7.24. The zero-order valence-corrected chi connectivity index (χ0v) is 16.4. The number of ether oxygens (including phenoxy) is 1. The SMILES string of the molecule is Cc1ccc(N2C(=O)NC(=O)[C@@H](C=NCCC[NH+]3CCOCC3)C2=O)cc1C. The summed E-state index contributed by atoms with van der Waals surface area (Å²) in [6, 6.07) is 4.59. The molecule has 1 aromatic carbocycles. The highest BCUT2D eigenvalue weighted by Gasteiger charge is 2.40. The fourth-order valence-corrected chi connectivity index (χ4v) is 3.34. The predicted molar refractivity (Wildman–Crippen MR) is 105 cm³/mol. The molecule has 4 amide bonds. The van der Waals surface area contributed by atoms with Crippen LogP contribution in [-0.4, -0.2) is 63.5 Å². The van der Waals surface area contributed by atoms with E-state index in [9.17, 15) is 14.4 Å². The van der Waals surface area contributed by atoms with Crippen molar-refractivity contribution in [3.8, 4) is 0 Å². The Morgan fingerprint density at radius 2 is 1.96 bits per heavy atom. The van der Waals surface area contributed by atoms with Crippen molar-refractivity contribution >= 4 is 29.7 Å². The van der Waals surface area contributed by atoms with Gasteiger partial charge in [-0.25, -0.2) is 9.69 Å². The van der Waals surface area contributed by atoms with Crippen LogP contribution in [0.4, 0.5) is 10.5 Å². The summed E-state index contributed by atoms with van der Waals surface area (Å²) in [5.41, 5.74) is 2.48. The molecule has 1 aromatic rings. The molecule has 8 heteroatoms. The number of nitrogens with one attached hydrogen (secondary N) is 2. The number of hydrogen-bond donors (Lipinski definition) is 2. The number of hydrogen-bond acceptors (Lipinski definition) is 5. The van der Waals surface area contributed by atoms with Gasteiger partial charge in [0.1, 0.15) is 13.1 Å². The molecule has 0 spiro atoms. The van der Waals surface area contributed by atoms with Crippen molar-refractivity contribution < 1.29 is 24.0 Å². The average molecular weight is 387 g/mol. The number of aryl methyl sites for hydroxylation is 2. The molecule has 1 atom stereocenters. The monoisotopic (exact) mass is 387 g/mol. The molecule has 0 aliphatic carbocycles. The summed E-state index contributed by atoms with van der Waals surface area (Å²) in [4.78, 5) is 43.9. The zero-order valence-electron chi connectivity index (χ0n) is 16.4. The van der Waals surface area contributed by atoms with E-state index < -0.39 is 23.8 Å². The number of carbonyl (C=O) groups is 3. The minimum Gasteiger partial charge on any atom is -0.370 e. The molecule has 2 N–H and O–H groups in total. The van der Waals surface area contributed by atoms with E-state index in [4.69, 9.17) is 4.74 Å². The zero-order chi connectivity index (χ0) is 20.1. The molecule has 0 saturated carbocycles. The van der Waals surface area contributed by atoms with Crippen LogP contribution in [-0.2, 0) is 14.3 Å². The van der Waals surface area contributed by atoms with Crippen LogP contribution >= 0.6 is 0 Å². The molecular weight excluding hydrogens is 360 g/mol. The van der Waals surface area contributed by atoms with E-state index in [0.29, 0.717) is 12.2 Å². The topological polar surface area (TPSA) is 92.5 Å². The first-order valence-corrected chi connectivity index (χ1v) is 9.64. The number of amides is 4. The first kappa shape index (κ1) is 20.2. The van der Waals surface area contributed by atoms with Crippen LogP contribution in [0.2, 0.25) is 0 Å². The van der Waals surface area contributed by atoms with Gasteiger partial charge in [-0.1, -0.05) is 6.07 Å². The van der Waals surface area contributed by atoms with Gasteiger partial charge in [-0.3, -0.25) is 19.9 Å². The van der Waals surface area contributed by atoms with Gasteiger partial charge in [-0.15, -0.1) is 0 Å². The fraction of sp³-hybridized carbons (Fsp3) is 0.500. The van der Waals surface area contributed by atoms with Crippen molar-refractivity contribution in [1.82, 2.24) is 5.32 Å². The summed E-state index contributed by atoms with van der Waals surface area (Å²) >= 11 is 0. The van der Waals surface area contributed by atoms with E-state index in [0.717, 1.165) is 55.3 Å². The summed E-state index contributed by atoms with van der Waals surface area (Å²) in [5, 5.41) is 2.25. The molecule has 2 heterocycles. The second-order valence-electron chi connectivity index (χ2n) is 7.24. The summed E-state index contributed by atoms with van der Waals surface area (Å²) in [5.74, 6) is -2.28. The maximum atomic E-state index is 12.8. The van der Waals surface area contributed by atoms with Crippen LogP contribution in [0.5, 0.6) is 0 Å². The van der Waals surface area contributed by atoms with Crippen molar-refractivity contribution in [2.45, 2.75) is 20.3 Å². The molecule has 0 bridgehead atoms. The second kappa shape index (κ2) is 9.07. The Kier molecular flexibility index (Phi) is 6.53. The quantitative estimate of drug-likeness (QED) is 0.404. The number of imide groups is 2. The molecule has 28 heavy (non-hydrogen) atoms. The molecular formula is C20H27N4O4+. The van der Waals surface area contributed by atoms with Crippen LogP contribution in [0.25, 0.3) is 0 Å². The van der Waals surface area contributed by atoms with Gasteiger partial charge in [0.25, 0.3) is 5.91 Å². The van der Waals surface area contributed by atoms with Crippen molar-refractivity contribution in [3.63, 3.8) is 0 Å². The third-order valence-corrected chi connectivity index (χ3v) is 5.22. The van der Waals surface area contributed by atoms with Gasteiger partial charge in [-0.05, 0) is 37.1 Å². The van der Waals surface area contributed by atoms with Crippen molar-refractivity contribution in [3.05, 3.63) is 29.3 Å².